The summed E-state index contributed by atoms with van der Waals surface area (Å²) in [5, 5.41) is 0.426. The van der Waals surface area contributed by atoms with Crippen LogP contribution in [0.25, 0.3) is 0 Å². The molecule has 0 atom stereocenters. The third-order valence-corrected chi connectivity index (χ3v) is 2.24. The molecule has 0 fully saturated rings. The van der Waals surface area contributed by atoms with Crippen LogP contribution in [0.15, 0.2) is 18.2 Å². The minimum absolute atomic E-state index is 0.00174. The molecule has 2 nitrogen and oxygen atoms in total. The van der Waals surface area contributed by atoms with E-state index in [0.717, 1.165) is 0 Å². The third kappa shape index (κ3) is 2.06. The average molecular weight is 247 g/mol. The van der Waals surface area contributed by atoms with E-state index in [1.54, 1.807) is 12.1 Å². The van der Waals surface area contributed by atoms with Crippen LogP contribution in [0.2, 0.25) is 0 Å². The van der Waals surface area contributed by atoms with Crippen molar-refractivity contribution in [2.75, 3.05) is 7.11 Å². The number of carbonyl (C=O) groups is 1. The Morgan fingerprint density at radius 3 is 2.85 bits per heavy atom. The van der Waals surface area contributed by atoms with E-state index < -0.39 is 11.8 Å². The Balaban J connectivity index is 3.22. The topological polar surface area (TPSA) is 26.3 Å². The molecular weight excluding hydrogens is 239 g/mol. The van der Waals surface area contributed by atoms with Crippen LogP contribution in [0.1, 0.15) is 15.9 Å². The minimum atomic E-state index is -0.646. The molecule has 1 rings (SSSR count). The lowest BCUT2D eigenvalue weighted by Crippen LogP contribution is -2.07. The maximum atomic E-state index is 13.2. The summed E-state index contributed by atoms with van der Waals surface area (Å²) in [6, 6.07) is 4.46. The average Bonchev–Trinajstić information content (AvgIpc) is 2.16. The zero-order chi connectivity index (χ0) is 9.84. The lowest BCUT2D eigenvalue weighted by Gasteiger charge is -2.05. The lowest BCUT2D eigenvalue weighted by atomic mass is 10.1. The Morgan fingerprint density at radius 2 is 2.31 bits per heavy atom. The summed E-state index contributed by atoms with van der Waals surface area (Å²) in [6.45, 7) is 0. The van der Waals surface area contributed by atoms with Crippen molar-refractivity contribution < 1.29 is 13.9 Å². The highest BCUT2D eigenvalue weighted by molar-refractivity contribution is 9.08. The molecule has 1 aromatic carbocycles. The van der Waals surface area contributed by atoms with Gasteiger partial charge in [-0.25, -0.2) is 9.18 Å². The molecule has 0 heterocycles. The van der Waals surface area contributed by atoms with Crippen molar-refractivity contribution in [2.45, 2.75) is 5.33 Å². The molecular formula is C9H8BrFO2. The molecule has 0 aliphatic heterocycles. The first kappa shape index (κ1) is 10.2. The van der Waals surface area contributed by atoms with Crippen LogP contribution >= 0.6 is 15.9 Å². The molecule has 0 bridgehead atoms. The van der Waals surface area contributed by atoms with E-state index in [1.807, 2.05) is 0 Å². The summed E-state index contributed by atoms with van der Waals surface area (Å²) in [5.41, 5.74) is 0.591. The van der Waals surface area contributed by atoms with E-state index in [-0.39, 0.29) is 5.56 Å². The van der Waals surface area contributed by atoms with Gasteiger partial charge < -0.3 is 4.74 Å². The van der Waals surface area contributed by atoms with Crippen LogP contribution in [0.5, 0.6) is 0 Å². The fourth-order valence-electron chi connectivity index (χ4n) is 1.01. The van der Waals surface area contributed by atoms with Crippen LogP contribution in [0.3, 0.4) is 0 Å². The number of benzene rings is 1. The summed E-state index contributed by atoms with van der Waals surface area (Å²) in [5.74, 6) is -1.20. The minimum Gasteiger partial charge on any atom is -0.465 e. The normalized spacial score (nSPS) is 9.77. The third-order valence-electron chi connectivity index (χ3n) is 1.63. The number of hydrogen-bond donors (Lipinski definition) is 0. The maximum Gasteiger partial charge on any atom is 0.341 e. The van der Waals surface area contributed by atoms with Crippen molar-refractivity contribution in [3.05, 3.63) is 35.1 Å². The van der Waals surface area contributed by atoms with Gasteiger partial charge in [0.2, 0.25) is 0 Å². The first-order valence-corrected chi connectivity index (χ1v) is 4.74. The van der Waals surface area contributed by atoms with Gasteiger partial charge in [-0.3, -0.25) is 0 Å². The van der Waals surface area contributed by atoms with E-state index in [2.05, 4.69) is 20.7 Å². The van der Waals surface area contributed by atoms with Gasteiger partial charge in [0.25, 0.3) is 0 Å². The van der Waals surface area contributed by atoms with Gasteiger partial charge in [-0.1, -0.05) is 28.1 Å². The second kappa shape index (κ2) is 4.37. The van der Waals surface area contributed by atoms with E-state index in [1.165, 1.54) is 13.2 Å². The van der Waals surface area contributed by atoms with Crippen molar-refractivity contribution >= 4 is 21.9 Å². The first-order valence-electron chi connectivity index (χ1n) is 3.62. The smallest absolute Gasteiger partial charge is 0.341 e. The van der Waals surface area contributed by atoms with Crippen molar-refractivity contribution in [3.63, 3.8) is 0 Å². The summed E-state index contributed by atoms with van der Waals surface area (Å²) < 4.78 is 17.6. The Labute approximate surface area is 83.8 Å². The van der Waals surface area contributed by atoms with E-state index in [4.69, 9.17) is 0 Å². The molecule has 0 aliphatic rings. The fraction of sp³-hybridized carbons (Fsp3) is 0.222. The van der Waals surface area contributed by atoms with Crippen LogP contribution in [-0.2, 0) is 10.1 Å². The lowest BCUT2D eigenvalue weighted by molar-refractivity contribution is 0.0594. The molecule has 13 heavy (non-hydrogen) atoms. The molecule has 1 aromatic rings. The first-order chi connectivity index (χ1) is 6.20. The molecule has 0 aromatic heterocycles. The van der Waals surface area contributed by atoms with Crippen LogP contribution in [0, 0.1) is 5.82 Å². The van der Waals surface area contributed by atoms with Crippen LogP contribution in [-0.4, -0.2) is 13.1 Å². The standard InChI is InChI=1S/C9H8BrFO2/c1-13-9(12)8-6(5-10)3-2-4-7(8)11/h2-4H,5H2,1H3. The molecule has 0 spiro atoms. The van der Waals surface area contributed by atoms with Crippen LogP contribution in [0.4, 0.5) is 4.39 Å². The molecule has 4 heteroatoms. The predicted molar refractivity (Wildman–Crippen MR) is 50.4 cm³/mol. The van der Waals surface area contributed by atoms with Crippen molar-refractivity contribution in [2.24, 2.45) is 0 Å². The van der Waals surface area contributed by atoms with Gasteiger partial charge in [0.1, 0.15) is 5.82 Å². The quantitative estimate of drug-likeness (QED) is 0.592. The summed E-state index contributed by atoms with van der Waals surface area (Å²) in [6.07, 6.45) is 0. The van der Waals surface area contributed by atoms with Gasteiger partial charge in [-0.05, 0) is 11.6 Å². The monoisotopic (exact) mass is 246 g/mol. The summed E-state index contributed by atoms with van der Waals surface area (Å²) in [7, 11) is 1.23. The Bertz CT molecular complexity index is 325. The molecule has 0 saturated heterocycles. The summed E-state index contributed by atoms with van der Waals surface area (Å²) >= 11 is 3.17. The molecule has 70 valence electrons. The molecule has 0 amide bonds. The van der Waals surface area contributed by atoms with Crippen molar-refractivity contribution in [3.8, 4) is 0 Å². The SMILES string of the molecule is COC(=O)c1c(F)cccc1CBr. The fourth-order valence-corrected chi connectivity index (χ4v) is 1.48. The van der Waals surface area contributed by atoms with E-state index >= 15 is 0 Å². The Morgan fingerprint density at radius 1 is 1.62 bits per heavy atom. The van der Waals surface area contributed by atoms with Gasteiger partial charge >= 0.3 is 5.97 Å². The maximum absolute atomic E-state index is 13.2. The zero-order valence-corrected chi connectivity index (χ0v) is 8.60. The predicted octanol–water partition coefficient (Wildman–Crippen LogP) is 2.51. The van der Waals surface area contributed by atoms with Gasteiger partial charge in [0.05, 0.1) is 12.7 Å². The number of rotatable bonds is 2. The van der Waals surface area contributed by atoms with E-state index in [0.29, 0.717) is 10.9 Å². The highest BCUT2D eigenvalue weighted by Crippen LogP contribution is 2.17. The van der Waals surface area contributed by atoms with Gasteiger partial charge in [-0.15, -0.1) is 0 Å². The van der Waals surface area contributed by atoms with Gasteiger partial charge in [0.15, 0.2) is 0 Å². The zero-order valence-electron chi connectivity index (χ0n) is 7.01. The molecule has 0 aliphatic carbocycles. The number of esters is 1. The highest BCUT2D eigenvalue weighted by Gasteiger charge is 2.15. The number of ether oxygens (including phenoxy) is 1. The van der Waals surface area contributed by atoms with Crippen molar-refractivity contribution in [1.82, 2.24) is 0 Å². The number of methoxy groups -OCH3 is 1. The molecule has 0 unspecified atom stereocenters. The molecule has 0 N–H and O–H groups in total. The highest BCUT2D eigenvalue weighted by atomic mass is 79.9. The van der Waals surface area contributed by atoms with Crippen LogP contribution < -0.4 is 0 Å². The second-order valence-corrected chi connectivity index (χ2v) is 2.96. The van der Waals surface area contributed by atoms with Gasteiger partial charge in [0, 0.05) is 5.33 Å². The van der Waals surface area contributed by atoms with Crippen molar-refractivity contribution in [1.29, 1.82) is 0 Å². The Kier molecular flexibility index (Phi) is 3.42. The largest absolute Gasteiger partial charge is 0.465 e. The van der Waals surface area contributed by atoms with E-state index in [9.17, 15) is 9.18 Å². The Hall–Kier alpha value is -0.900. The number of halogens is 2. The number of carbonyl (C=O) groups excluding carboxylic acids is 1. The second-order valence-electron chi connectivity index (χ2n) is 2.40. The number of alkyl halides is 1. The number of hydrogen-bond acceptors (Lipinski definition) is 2. The molecule has 0 radical (unpaired) electrons. The summed E-state index contributed by atoms with van der Waals surface area (Å²) in [4.78, 5) is 11.1. The molecule has 0 saturated carbocycles. The van der Waals surface area contributed by atoms with Gasteiger partial charge in [-0.2, -0.15) is 0 Å².